The zero-order valence-corrected chi connectivity index (χ0v) is 9.53. The molecule has 0 amide bonds. The van der Waals surface area contributed by atoms with E-state index in [-0.39, 0.29) is 0 Å². The molecule has 14 heavy (non-hydrogen) atoms. The second-order valence-corrected chi connectivity index (χ2v) is 4.64. The van der Waals surface area contributed by atoms with Crippen LogP contribution < -0.4 is 0 Å². The molecule has 3 nitrogen and oxygen atoms in total. The standard InChI is InChI=1S/C11H21N3/c1-4-13-6-5-11-12-7-10(9(2)3)14(11)8-13/h9-10H,4-8H2,1-3H3. The van der Waals surface area contributed by atoms with E-state index in [9.17, 15) is 0 Å². The summed E-state index contributed by atoms with van der Waals surface area (Å²) in [6.07, 6.45) is 1.15. The van der Waals surface area contributed by atoms with Crippen molar-refractivity contribution in [2.45, 2.75) is 33.2 Å². The number of hydrogen-bond acceptors (Lipinski definition) is 3. The summed E-state index contributed by atoms with van der Waals surface area (Å²) in [4.78, 5) is 9.66. The zero-order chi connectivity index (χ0) is 10.1. The van der Waals surface area contributed by atoms with Gasteiger partial charge in [0.15, 0.2) is 0 Å². The number of fused-ring (bicyclic) bond motifs is 1. The quantitative estimate of drug-likeness (QED) is 0.663. The van der Waals surface area contributed by atoms with Crippen molar-refractivity contribution in [3.8, 4) is 0 Å². The third-order valence-corrected chi connectivity index (χ3v) is 3.41. The Morgan fingerprint density at radius 3 is 2.93 bits per heavy atom. The number of rotatable bonds is 2. The van der Waals surface area contributed by atoms with Crippen molar-refractivity contribution in [1.82, 2.24) is 9.80 Å². The van der Waals surface area contributed by atoms with Crippen LogP contribution in [0.2, 0.25) is 0 Å². The first kappa shape index (κ1) is 9.97. The Morgan fingerprint density at radius 2 is 2.29 bits per heavy atom. The summed E-state index contributed by atoms with van der Waals surface area (Å²) in [6, 6.07) is 0.652. The first-order valence-electron chi connectivity index (χ1n) is 5.74. The average Bonchev–Trinajstić information content (AvgIpc) is 2.59. The van der Waals surface area contributed by atoms with Crippen LogP contribution in [0.4, 0.5) is 0 Å². The molecule has 2 rings (SSSR count). The smallest absolute Gasteiger partial charge is 0.102 e. The van der Waals surface area contributed by atoms with Crippen molar-refractivity contribution in [3.63, 3.8) is 0 Å². The van der Waals surface area contributed by atoms with Crippen molar-refractivity contribution in [2.75, 3.05) is 26.3 Å². The number of amidine groups is 1. The molecule has 2 aliphatic heterocycles. The second-order valence-electron chi connectivity index (χ2n) is 4.64. The van der Waals surface area contributed by atoms with Crippen LogP contribution in [0, 0.1) is 5.92 Å². The molecule has 2 heterocycles. The lowest BCUT2D eigenvalue weighted by molar-refractivity contribution is 0.133. The molecule has 1 atom stereocenters. The normalized spacial score (nSPS) is 28.1. The fourth-order valence-corrected chi connectivity index (χ4v) is 2.36. The Kier molecular flexibility index (Phi) is 2.77. The van der Waals surface area contributed by atoms with Gasteiger partial charge in [-0.3, -0.25) is 9.89 Å². The Bertz CT molecular complexity index is 235. The topological polar surface area (TPSA) is 18.8 Å². The van der Waals surface area contributed by atoms with Crippen molar-refractivity contribution in [1.29, 1.82) is 0 Å². The van der Waals surface area contributed by atoms with Gasteiger partial charge in [0.2, 0.25) is 0 Å². The zero-order valence-electron chi connectivity index (χ0n) is 9.53. The minimum Gasteiger partial charge on any atom is -0.342 e. The van der Waals surface area contributed by atoms with Gasteiger partial charge in [-0.15, -0.1) is 0 Å². The van der Waals surface area contributed by atoms with E-state index in [1.54, 1.807) is 0 Å². The molecular formula is C11H21N3. The van der Waals surface area contributed by atoms with Gasteiger partial charge in [-0.05, 0) is 12.5 Å². The highest BCUT2D eigenvalue weighted by Crippen LogP contribution is 2.22. The van der Waals surface area contributed by atoms with Gasteiger partial charge in [-0.1, -0.05) is 20.8 Å². The Balaban J connectivity index is 2.04. The SMILES string of the molecule is CCN1CCC2=NCC(C(C)C)N2C1. The lowest BCUT2D eigenvalue weighted by atomic mass is 10.0. The van der Waals surface area contributed by atoms with Gasteiger partial charge < -0.3 is 4.90 Å². The maximum atomic E-state index is 4.65. The molecule has 0 bridgehead atoms. The number of aliphatic imine (C=N–C) groups is 1. The first-order chi connectivity index (χ1) is 6.72. The third kappa shape index (κ3) is 1.65. The third-order valence-electron chi connectivity index (χ3n) is 3.41. The van der Waals surface area contributed by atoms with Gasteiger partial charge in [0.25, 0.3) is 0 Å². The van der Waals surface area contributed by atoms with Crippen LogP contribution >= 0.6 is 0 Å². The number of hydrogen-bond donors (Lipinski definition) is 0. The maximum absolute atomic E-state index is 4.65. The molecule has 0 radical (unpaired) electrons. The molecule has 0 spiro atoms. The summed E-state index contributed by atoms with van der Waals surface area (Å²) < 4.78 is 0. The van der Waals surface area contributed by atoms with Crippen LogP contribution in [0.3, 0.4) is 0 Å². The van der Waals surface area contributed by atoms with E-state index in [0.29, 0.717) is 12.0 Å². The molecule has 0 N–H and O–H groups in total. The van der Waals surface area contributed by atoms with E-state index in [2.05, 4.69) is 35.6 Å². The molecule has 80 valence electrons. The molecule has 0 aliphatic carbocycles. The summed E-state index contributed by atoms with van der Waals surface area (Å²) in [6.45, 7) is 11.3. The van der Waals surface area contributed by atoms with Crippen LogP contribution in [0.25, 0.3) is 0 Å². The second kappa shape index (κ2) is 3.89. The molecule has 3 heteroatoms. The minimum atomic E-state index is 0.652. The molecule has 0 aromatic carbocycles. The summed E-state index contributed by atoms with van der Waals surface area (Å²) in [5.74, 6) is 2.07. The highest BCUT2D eigenvalue weighted by molar-refractivity contribution is 5.85. The predicted molar refractivity (Wildman–Crippen MR) is 59.5 cm³/mol. The van der Waals surface area contributed by atoms with Crippen LogP contribution in [-0.4, -0.2) is 48.0 Å². The monoisotopic (exact) mass is 195 g/mol. The minimum absolute atomic E-state index is 0.652. The maximum Gasteiger partial charge on any atom is 0.102 e. The molecule has 0 aromatic rings. The van der Waals surface area contributed by atoms with E-state index >= 15 is 0 Å². The van der Waals surface area contributed by atoms with Crippen LogP contribution in [0.15, 0.2) is 4.99 Å². The predicted octanol–water partition coefficient (Wildman–Crippen LogP) is 1.41. The Hall–Kier alpha value is -0.570. The fraction of sp³-hybridized carbons (Fsp3) is 0.909. The summed E-state index contributed by atoms with van der Waals surface area (Å²) in [5.41, 5.74) is 0. The summed E-state index contributed by atoms with van der Waals surface area (Å²) in [5, 5.41) is 0. The van der Waals surface area contributed by atoms with Gasteiger partial charge >= 0.3 is 0 Å². The highest BCUT2D eigenvalue weighted by Gasteiger charge is 2.33. The van der Waals surface area contributed by atoms with E-state index in [1.807, 2.05) is 0 Å². The van der Waals surface area contributed by atoms with E-state index in [0.717, 1.165) is 26.2 Å². The molecular weight excluding hydrogens is 174 g/mol. The van der Waals surface area contributed by atoms with E-state index < -0.39 is 0 Å². The summed E-state index contributed by atoms with van der Waals surface area (Å²) in [7, 11) is 0. The van der Waals surface area contributed by atoms with E-state index in [4.69, 9.17) is 0 Å². The summed E-state index contributed by atoms with van der Waals surface area (Å²) >= 11 is 0. The molecule has 1 fully saturated rings. The van der Waals surface area contributed by atoms with Crippen LogP contribution in [0.1, 0.15) is 27.2 Å². The number of nitrogens with zero attached hydrogens (tertiary/aromatic N) is 3. The average molecular weight is 195 g/mol. The Morgan fingerprint density at radius 1 is 1.50 bits per heavy atom. The molecule has 1 saturated heterocycles. The van der Waals surface area contributed by atoms with Gasteiger partial charge in [-0.2, -0.15) is 0 Å². The molecule has 0 saturated carbocycles. The lowest BCUT2D eigenvalue weighted by Crippen LogP contribution is -2.51. The molecule has 2 aliphatic rings. The van der Waals surface area contributed by atoms with Crippen LogP contribution in [0.5, 0.6) is 0 Å². The van der Waals surface area contributed by atoms with Gasteiger partial charge in [-0.25, -0.2) is 0 Å². The van der Waals surface area contributed by atoms with Crippen molar-refractivity contribution >= 4 is 5.84 Å². The largest absolute Gasteiger partial charge is 0.342 e. The van der Waals surface area contributed by atoms with E-state index in [1.165, 1.54) is 12.4 Å². The fourth-order valence-electron chi connectivity index (χ4n) is 2.36. The van der Waals surface area contributed by atoms with Crippen LogP contribution in [-0.2, 0) is 0 Å². The van der Waals surface area contributed by atoms with Gasteiger partial charge in [0.05, 0.1) is 19.3 Å². The van der Waals surface area contributed by atoms with Gasteiger partial charge in [0.1, 0.15) is 5.84 Å². The molecule has 1 unspecified atom stereocenters. The van der Waals surface area contributed by atoms with Crippen molar-refractivity contribution < 1.29 is 0 Å². The van der Waals surface area contributed by atoms with Crippen molar-refractivity contribution in [2.24, 2.45) is 10.9 Å². The molecule has 0 aromatic heterocycles. The highest BCUT2D eigenvalue weighted by atomic mass is 15.4. The van der Waals surface area contributed by atoms with Crippen molar-refractivity contribution in [3.05, 3.63) is 0 Å². The first-order valence-corrected chi connectivity index (χ1v) is 5.74. The Labute approximate surface area is 86.8 Å². The lowest BCUT2D eigenvalue weighted by Gasteiger charge is -2.39. The van der Waals surface area contributed by atoms with Gasteiger partial charge in [0, 0.05) is 13.0 Å².